The van der Waals surface area contributed by atoms with E-state index in [1.807, 2.05) is 13.0 Å². The van der Waals surface area contributed by atoms with E-state index in [0.29, 0.717) is 16.3 Å². The first-order valence-electron chi connectivity index (χ1n) is 5.15. The minimum absolute atomic E-state index is 0.191. The SMILES string of the molecule is Cc1ncccc1NC(=O)c1cccc(Cl)c1. The first-order chi connectivity index (χ1) is 8.16. The maximum atomic E-state index is 11.9. The highest BCUT2D eigenvalue weighted by molar-refractivity contribution is 6.31. The number of pyridine rings is 1. The molecule has 0 atom stereocenters. The van der Waals surface area contributed by atoms with Crippen molar-refractivity contribution in [3.63, 3.8) is 0 Å². The predicted octanol–water partition coefficient (Wildman–Crippen LogP) is 3.30. The van der Waals surface area contributed by atoms with E-state index < -0.39 is 0 Å². The van der Waals surface area contributed by atoms with Gasteiger partial charge in [-0.05, 0) is 37.3 Å². The van der Waals surface area contributed by atoms with E-state index in [1.54, 1.807) is 36.5 Å². The summed E-state index contributed by atoms with van der Waals surface area (Å²) in [5.74, 6) is -0.191. The summed E-state index contributed by atoms with van der Waals surface area (Å²) in [5.41, 5.74) is 2.01. The second-order valence-electron chi connectivity index (χ2n) is 3.60. The van der Waals surface area contributed by atoms with Crippen LogP contribution >= 0.6 is 11.6 Å². The summed E-state index contributed by atoms with van der Waals surface area (Å²) >= 11 is 5.83. The number of nitrogens with one attached hydrogen (secondary N) is 1. The van der Waals surface area contributed by atoms with Crippen molar-refractivity contribution in [2.24, 2.45) is 0 Å². The van der Waals surface area contributed by atoms with Gasteiger partial charge in [-0.15, -0.1) is 0 Å². The van der Waals surface area contributed by atoms with Crippen molar-refractivity contribution in [3.05, 3.63) is 58.9 Å². The Bertz CT molecular complexity index is 555. The van der Waals surface area contributed by atoms with Gasteiger partial charge in [0.1, 0.15) is 0 Å². The number of carbonyl (C=O) groups is 1. The Morgan fingerprint density at radius 3 is 2.82 bits per heavy atom. The zero-order valence-electron chi connectivity index (χ0n) is 9.27. The number of halogens is 1. The van der Waals surface area contributed by atoms with Crippen LogP contribution in [0.1, 0.15) is 16.1 Å². The summed E-state index contributed by atoms with van der Waals surface area (Å²) in [4.78, 5) is 16.0. The van der Waals surface area contributed by atoms with Crippen molar-refractivity contribution >= 4 is 23.2 Å². The van der Waals surface area contributed by atoms with Gasteiger partial charge in [0, 0.05) is 16.8 Å². The molecule has 1 heterocycles. The Morgan fingerprint density at radius 1 is 1.29 bits per heavy atom. The van der Waals surface area contributed by atoms with Crippen LogP contribution in [0, 0.1) is 6.92 Å². The number of hydrogen-bond acceptors (Lipinski definition) is 2. The van der Waals surface area contributed by atoms with Gasteiger partial charge in [0.25, 0.3) is 5.91 Å². The van der Waals surface area contributed by atoms with Gasteiger partial charge in [0.05, 0.1) is 11.4 Å². The maximum Gasteiger partial charge on any atom is 0.255 e. The standard InChI is InChI=1S/C13H11ClN2O/c1-9-12(6-3-7-15-9)16-13(17)10-4-2-5-11(14)8-10/h2-8H,1H3,(H,16,17). The molecule has 2 rings (SSSR count). The number of hydrogen-bond donors (Lipinski definition) is 1. The van der Waals surface area contributed by atoms with Crippen LogP contribution in [0.15, 0.2) is 42.6 Å². The lowest BCUT2D eigenvalue weighted by Crippen LogP contribution is -2.12. The monoisotopic (exact) mass is 246 g/mol. The van der Waals surface area contributed by atoms with Gasteiger partial charge in [0.2, 0.25) is 0 Å². The number of aromatic nitrogens is 1. The highest BCUT2D eigenvalue weighted by Gasteiger charge is 2.07. The zero-order valence-corrected chi connectivity index (χ0v) is 10.0. The topological polar surface area (TPSA) is 42.0 Å². The summed E-state index contributed by atoms with van der Waals surface area (Å²) in [6.07, 6.45) is 1.68. The molecule has 0 radical (unpaired) electrons. The van der Waals surface area contributed by atoms with Crippen LogP contribution in [-0.4, -0.2) is 10.9 Å². The molecule has 0 fully saturated rings. The van der Waals surface area contributed by atoms with E-state index in [4.69, 9.17) is 11.6 Å². The summed E-state index contributed by atoms with van der Waals surface area (Å²) in [5, 5.41) is 3.34. The van der Waals surface area contributed by atoms with Crippen molar-refractivity contribution in [1.82, 2.24) is 4.98 Å². The van der Waals surface area contributed by atoms with Gasteiger partial charge in [0.15, 0.2) is 0 Å². The molecule has 0 bridgehead atoms. The number of amides is 1. The number of benzene rings is 1. The fourth-order valence-corrected chi connectivity index (χ4v) is 1.63. The molecule has 0 spiro atoms. The number of rotatable bonds is 2. The third-order valence-corrected chi connectivity index (χ3v) is 2.58. The van der Waals surface area contributed by atoms with Crippen molar-refractivity contribution in [1.29, 1.82) is 0 Å². The third kappa shape index (κ3) is 2.82. The van der Waals surface area contributed by atoms with E-state index in [0.717, 1.165) is 5.69 Å². The first-order valence-corrected chi connectivity index (χ1v) is 5.53. The molecule has 0 aliphatic rings. The summed E-state index contributed by atoms with van der Waals surface area (Å²) in [6, 6.07) is 10.4. The van der Waals surface area contributed by atoms with E-state index in [-0.39, 0.29) is 5.91 Å². The minimum atomic E-state index is -0.191. The van der Waals surface area contributed by atoms with Gasteiger partial charge < -0.3 is 5.32 Å². The molecule has 86 valence electrons. The van der Waals surface area contributed by atoms with Gasteiger partial charge >= 0.3 is 0 Å². The molecule has 4 heteroatoms. The largest absolute Gasteiger partial charge is 0.320 e. The number of anilines is 1. The lowest BCUT2D eigenvalue weighted by molar-refractivity contribution is 0.102. The lowest BCUT2D eigenvalue weighted by Gasteiger charge is -2.07. The summed E-state index contributed by atoms with van der Waals surface area (Å²) in [7, 11) is 0. The van der Waals surface area contributed by atoms with Crippen LogP contribution < -0.4 is 5.32 Å². The molecule has 1 amide bonds. The maximum absolute atomic E-state index is 11.9. The molecule has 1 N–H and O–H groups in total. The molecule has 0 unspecified atom stereocenters. The smallest absolute Gasteiger partial charge is 0.255 e. The first kappa shape index (κ1) is 11.6. The Hall–Kier alpha value is -1.87. The van der Waals surface area contributed by atoms with Crippen molar-refractivity contribution in [2.45, 2.75) is 6.92 Å². The fourth-order valence-electron chi connectivity index (χ4n) is 1.44. The Balaban J connectivity index is 2.20. The normalized spacial score (nSPS) is 10.0. The van der Waals surface area contributed by atoms with Crippen LogP contribution in [0.5, 0.6) is 0 Å². The van der Waals surface area contributed by atoms with Gasteiger partial charge in [-0.3, -0.25) is 9.78 Å². The molecule has 0 saturated carbocycles. The molecule has 17 heavy (non-hydrogen) atoms. The van der Waals surface area contributed by atoms with Crippen LogP contribution in [0.3, 0.4) is 0 Å². The van der Waals surface area contributed by atoms with Gasteiger partial charge in [-0.1, -0.05) is 17.7 Å². The zero-order chi connectivity index (χ0) is 12.3. The molecule has 3 nitrogen and oxygen atoms in total. The quantitative estimate of drug-likeness (QED) is 0.884. The molecule has 0 saturated heterocycles. The second kappa shape index (κ2) is 4.97. The van der Waals surface area contributed by atoms with Crippen LogP contribution in [0.25, 0.3) is 0 Å². The predicted molar refractivity (Wildman–Crippen MR) is 68.4 cm³/mol. The van der Waals surface area contributed by atoms with E-state index in [2.05, 4.69) is 10.3 Å². The van der Waals surface area contributed by atoms with Gasteiger partial charge in [-0.25, -0.2) is 0 Å². The van der Waals surface area contributed by atoms with E-state index in [9.17, 15) is 4.79 Å². The van der Waals surface area contributed by atoms with Crippen LogP contribution in [0.2, 0.25) is 5.02 Å². The molecule has 2 aromatic rings. The molecule has 1 aromatic carbocycles. The second-order valence-corrected chi connectivity index (χ2v) is 4.04. The Morgan fingerprint density at radius 2 is 2.12 bits per heavy atom. The number of carbonyl (C=O) groups excluding carboxylic acids is 1. The minimum Gasteiger partial charge on any atom is -0.320 e. The molecular formula is C13H11ClN2O. The highest BCUT2D eigenvalue weighted by Crippen LogP contribution is 2.15. The van der Waals surface area contributed by atoms with E-state index in [1.165, 1.54) is 0 Å². The highest BCUT2D eigenvalue weighted by atomic mass is 35.5. The van der Waals surface area contributed by atoms with Crippen molar-refractivity contribution in [2.75, 3.05) is 5.32 Å². The van der Waals surface area contributed by atoms with Gasteiger partial charge in [-0.2, -0.15) is 0 Å². The van der Waals surface area contributed by atoms with E-state index >= 15 is 0 Å². The Kier molecular flexibility index (Phi) is 3.40. The third-order valence-electron chi connectivity index (χ3n) is 2.34. The summed E-state index contributed by atoms with van der Waals surface area (Å²) < 4.78 is 0. The van der Waals surface area contributed by atoms with Crippen molar-refractivity contribution in [3.8, 4) is 0 Å². The number of aryl methyl sites for hydroxylation is 1. The number of nitrogens with zero attached hydrogens (tertiary/aromatic N) is 1. The molecule has 1 aromatic heterocycles. The fraction of sp³-hybridized carbons (Fsp3) is 0.0769. The average molecular weight is 247 g/mol. The van der Waals surface area contributed by atoms with Crippen molar-refractivity contribution < 1.29 is 4.79 Å². The van der Waals surface area contributed by atoms with Crippen LogP contribution in [-0.2, 0) is 0 Å². The lowest BCUT2D eigenvalue weighted by atomic mass is 10.2. The molecular weight excluding hydrogens is 236 g/mol. The Labute approximate surface area is 104 Å². The van der Waals surface area contributed by atoms with Crippen LogP contribution in [0.4, 0.5) is 5.69 Å². The average Bonchev–Trinajstić information content (AvgIpc) is 2.32. The molecule has 0 aliphatic heterocycles. The molecule has 0 aliphatic carbocycles. The summed E-state index contributed by atoms with van der Waals surface area (Å²) in [6.45, 7) is 1.84.